The SMILES string of the molecule is N[C@@H](Cc1c[nH]c2ccccc12)CN1OC=CC1c1ccc2cnccc2c1. The van der Waals surface area contributed by atoms with Gasteiger partial charge in [0.05, 0.1) is 12.6 Å². The predicted octanol–water partition coefficient (Wildman–Crippen LogP) is 4.09. The summed E-state index contributed by atoms with van der Waals surface area (Å²) in [5.74, 6) is 0. The summed E-state index contributed by atoms with van der Waals surface area (Å²) >= 11 is 0. The van der Waals surface area contributed by atoms with Crippen LogP contribution in [0.25, 0.3) is 21.7 Å². The van der Waals surface area contributed by atoms with E-state index in [1.807, 2.05) is 29.6 Å². The van der Waals surface area contributed by atoms with Crippen molar-refractivity contribution in [3.8, 4) is 0 Å². The Bertz CT molecular complexity index is 1150. The van der Waals surface area contributed by atoms with Gasteiger partial charge in [0.1, 0.15) is 6.26 Å². The predicted molar refractivity (Wildman–Crippen MR) is 111 cm³/mol. The molecule has 0 radical (unpaired) electrons. The maximum Gasteiger partial charge on any atom is 0.109 e. The van der Waals surface area contributed by atoms with Crippen molar-refractivity contribution >= 4 is 21.7 Å². The Kier molecular flexibility index (Phi) is 4.31. The number of pyridine rings is 1. The molecule has 140 valence electrons. The summed E-state index contributed by atoms with van der Waals surface area (Å²) in [6.07, 6.45) is 10.4. The van der Waals surface area contributed by atoms with Crippen molar-refractivity contribution in [2.45, 2.75) is 18.5 Å². The van der Waals surface area contributed by atoms with Crippen LogP contribution in [0, 0.1) is 0 Å². The number of benzene rings is 2. The first-order valence-electron chi connectivity index (χ1n) is 9.52. The fourth-order valence-electron chi connectivity index (χ4n) is 3.95. The zero-order valence-corrected chi connectivity index (χ0v) is 15.5. The first kappa shape index (κ1) is 17.0. The van der Waals surface area contributed by atoms with Crippen molar-refractivity contribution in [2.75, 3.05) is 6.54 Å². The van der Waals surface area contributed by atoms with Gasteiger partial charge in [-0.25, -0.2) is 0 Å². The molecule has 4 aromatic rings. The number of hydrogen-bond donors (Lipinski definition) is 2. The summed E-state index contributed by atoms with van der Waals surface area (Å²) in [5, 5.41) is 5.51. The Morgan fingerprint density at radius 3 is 3.04 bits per heavy atom. The Labute approximate surface area is 163 Å². The quantitative estimate of drug-likeness (QED) is 0.555. The van der Waals surface area contributed by atoms with Crippen LogP contribution >= 0.6 is 0 Å². The van der Waals surface area contributed by atoms with Crippen molar-refractivity contribution in [3.05, 3.63) is 90.6 Å². The van der Waals surface area contributed by atoms with E-state index < -0.39 is 0 Å². The second kappa shape index (κ2) is 7.11. The number of aromatic nitrogens is 2. The molecule has 1 aliphatic heterocycles. The van der Waals surface area contributed by atoms with Crippen molar-refractivity contribution in [2.24, 2.45) is 5.73 Å². The van der Waals surface area contributed by atoms with E-state index >= 15 is 0 Å². The van der Waals surface area contributed by atoms with Crippen molar-refractivity contribution < 1.29 is 4.84 Å². The van der Waals surface area contributed by atoms with Crippen LogP contribution in [-0.2, 0) is 11.3 Å². The highest BCUT2D eigenvalue weighted by Gasteiger charge is 2.26. The third-order valence-electron chi connectivity index (χ3n) is 5.34. The summed E-state index contributed by atoms with van der Waals surface area (Å²) in [7, 11) is 0. The van der Waals surface area contributed by atoms with Gasteiger partial charge in [-0.1, -0.05) is 30.3 Å². The molecule has 1 unspecified atom stereocenters. The molecule has 5 heteroatoms. The number of nitrogens with two attached hydrogens (primary N) is 1. The lowest BCUT2D eigenvalue weighted by Gasteiger charge is -2.26. The van der Waals surface area contributed by atoms with Crippen LogP contribution in [0.4, 0.5) is 0 Å². The van der Waals surface area contributed by atoms with E-state index in [0.29, 0.717) is 6.54 Å². The van der Waals surface area contributed by atoms with E-state index in [-0.39, 0.29) is 12.1 Å². The molecule has 5 nitrogen and oxygen atoms in total. The molecule has 2 aromatic heterocycles. The molecule has 0 amide bonds. The van der Waals surface area contributed by atoms with Crippen molar-refractivity contribution in [1.29, 1.82) is 0 Å². The number of aromatic amines is 1. The van der Waals surface area contributed by atoms with Gasteiger partial charge in [0, 0.05) is 40.9 Å². The zero-order valence-electron chi connectivity index (χ0n) is 15.5. The van der Waals surface area contributed by atoms with Crippen LogP contribution in [0.1, 0.15) is 17.2 Å². The number of nitrogens with zero attached hydrogens (tertiary/aromatic N) is 2. The fourth-order valence-corrected chi connectivity index (χ4v) is 3.95. The van der Waals surface area contributed by atoms with Gasteiger partial charge in [0.25, 0.3) is 0 Å². The van der Waals surface area contributed by atoms with Gasteiger partial charge in [-0.3, -0.25) is 4.98 Å². The van der Waals surface area contributed by atoms with E-state index in [1.165, 1.54) is 21.9 Å². The first-order chi connectivity index (χ1) is 13.8. The third-order valence-corrected chi connectivity index (χ3v) is 5.34. The second-order valence-corrected chi connectivity index (χ2v) is 7.28. The molecule has 1 aliphatic rings. The molecule has 0 saturated carbocycles. The van der Waals surface area contributed by atoms with E-state index in [9.17, 15) is 0 Å². The maximum atomic E-state index is 6.50. The smallest absolute Gasteiger partial charge is 0.109 e. The Morgan fingerprint density at radius 2 is 2.07 bits per heavy atom. The minimum atomic E-state index is -0.0359. The number of rotatable bonds is 5. The monoisotopic (exact) mass is 370 g/mol. The minimum Gasteiger partial charge on any atom is -0.413 e. The molecule has 0 aliphatic carbocycles. The molecule has 0 fully saturated rings. The number of para-hydroxylation sites is 1. The molecular weight excluding hydrogens is 348 g/mol. The summed E-state index contributed by atoms with van der Waals surface area (Å²) in [6.45, 7) is 0.644. The van der Waals surface area contributed by atoms with Gasteiger partial charge in [-0.15, -0.1) is 5.06 Å². The molecule has 28 heavy (non-hydrogen) atoms. The van der Waals surface area contributed by atoms with Crippen molar-refractivity contribution in [3.63, 3.8) is 0 Å². The van der Waals surface area contributed by atoms with E-state index in [0.717, 1.165) is 17.3 Å². The zero-order chi connectivity index (χ0) is 18.9. The average molecular weight is 370 g/mol. The summed E-state index contributed by atoms with van der Waals surface area (Å²) in [4.78, 5) is 13.3. The summed E-state index contributed by atoms with van der Waals surface area (Å²) < 4.78 is 0. The highest BCUT2D eigenvalue weighted by molar-refractivity contribution is 5.83. The highest BCUT2D eigenvalue weighted by atomic mass is 16.7. The molecular formula is C23H22N4O. The molecule has 3 N–H and O–H groups in total. The molecule has 5 rings (SSSR count). The largest absolute Gasteiger partial charge is 0.413 e. The third kappa shape index (κ3) is 3.15. The second-order valence-electron chi connectivity index (χ2n) is 7.28. The normalized spacial score (nSPS) is 18.0. The topological polar surface area (TPSA) is 67.2 Å². The van der Waals surface area contributed by atoms with E-state index in [4.69, 9.17) is 10.6 Å². The van der Waals surface area contributed by atoms with Gasteiger partial charge >= 0.3 is 0 Å². The number of H-pyrrole nitrogens is 1. The number of hydroxylamine groups is 2. The van der Waals surface area contributed by atoms with E-state index in [1.54, 1.807) is 6.26 Å². The maximum absolute atomic E-state index is 6.50. The van der Waals surface area contributed by atoms with Crippen LogP contribution in [-0.4, -0.2) is 27.6 Å². The summed E-state index contributed by atoms with van der Waals surface area (Å²) in [5.41, 5.74) is 10.1. The highest BCUT2D eigenvalue weighted by Crippen LogP contribution is 2.30. The van der Waals surface area contributed by atoms with Gasteiger partial charge in [-0.05, 0) is 47.2 Å². The molecule has 2 atom stereocenters. The first-order valence-corrected chi connectivity index (χ1v) is 9.52. The van der Waals surface area contributed by atoms with Crippen LogP contribution in [0.15, 0.2) is 79.5 Å². The van der Waals surface area contributed by atoms with E-state index in [2.05, 4.69) is 58.6 Å². The number of hydrogen-bond acceptors (Lipinski definition) is 4. The van der Waals surface area contributed by atoms with Gasteiger partial charge < -0.3 is 15.6 Å². The summed E-state index contributed by atoms with van der Waals surface area (Å²) in [6, 6.07) is 16.8. The van der Waals surface area contributed by atoms with Crippen LogP contribution < -0.4 is 5.73 Å². The molecule has 2 aromatic carbocycles. The van der Waals surface area contributed by atoms with Crippen LogP contribution in [0.2, 0.25) is 0 Å². The lowest BCUT2D eigenvalue weighted by molar-refractivity contribution is -0.108. The number of nitrogens with one attached hydrogen (secondary N) is 1. The Balaban J connectivity index is 1.32. The fraction of sp³-hybridized carbons (Fsp3) is 0.174. The Hall–Kier alpha value is -3.15. The van der Waals surface area contributed by atoms with Crippen LogP contribution in [0.3, 0.4) is 0 Å². The number of fused-ring (bicyclic) bond motifs is 2. The molecule has 0 saturated heterocycles. The Morgan fingerprint density at radius 1 is 1.14 bits per heavy atom. The average Bonchev–Trinajstić information content (AvgIpc) is 3.35. The van der Waals surface area contributed by atoms with Crippen molar-refractivity contribution in [1.82, 2.24) is 15.0 Å². The van der Waals surface area contributed by atoms with Gasteiger partial charge in [0.15, 0.2) is 0 Å². The lowest BCUT2D eigenvalue weighted by atomic mass is 10.0. The van der Waals surface area contributed by atoms with Gasteiger partial charge in [0.2, 0.25) is 0 Å². The lowest BCUT2D eigenvalue weighted by Crippen LogP contribution is -2.38. The van der Waals surface area contributed by atoms with Gasteiger partial charge in [-0.2, -0.15) is 0 Å². The molecule has 0 spiro atoms. The minimum absolute atomic E-state index is 0.0359. The molecule has 0 bridgehead atoms. The van der Waals surface area contributed by atoms with Crippen LogP contribution in [0.5, 0.6) is 0 Å². The molecule has 3 heterocycles. The standard InChI is InChI=1S/C23H22N4O/c24-20(12-19-14-26-22-4-2-1-3-21(19)22)15-27-23(8-10-28-27)17-5-6-18-13-25-9-7-16(18)11-17/h1-11,13-14,20,23,26H,12,15,24H2/t20-,23?/m0/s1.